The molecule has 2 aromatic carbocycles. The molecule has 2 unspecified atom stereocenters. The van der Waals surface area contributed by atoms with E-state index in [9.17, 15) is 23.6 Å². The number of hydrogen-bond acceptors (Lipinski definition) is 8. The normalized spacial score (nSPS) is 12.9. The molecule has 0 fully saturated rings. The van der Waals surface area contributed by atoms with Crippen molar-refractivity contribution >= 4 is 34.8 Å². The van der Waals surface area contributed by atoms with E-state index in [0.29, 0.717) is 12.4 Å². The summed E-state index contributed by atoms with van der Waals surface area (Å²) in [5.41, 5.74) is -0.447. The van der Waals surface area contributed by atoms with Crippen molar-refractivity contribution in [2.75, 3.05) is 25.4 Å². The number of imidazole rings is 1. The Kier molecular flexibility index (Phi) is 13.5. The SMILES string of the molecule is CC(=O)OCC(=O)N(CC(CNC(=O)OC(C)(C)C)CSC(C)=O)C(c1nc(-c2cc(F)ccc2F)cn1Cc1ccccc1)C(C)(C)C. The summed E-state index contributed by atoms with van der Waals surface area (Å²) in [7, 11) is 0. The van der Waals surface area contributed by atoms with Gasteiger partial charge in [-0.25, -0.2) is 18.6 Å². The number of alkyl carbamates (subject to hydrolysis) is 1. The predicted molar refractivity (Wildman–Crippen MR) is 185 cm³/mol. The molecule has 13 heteroatoms. The van der Waals surface area contributed by atoms with Gasteiger partial charge in [-0.05, 0) is 49.9 Å². The zero-order chi connectivity index (χ0) is 36.5. The van der Waals surface area contributed by atoms with Crippen molar-refractivity contribution in [1.29, 1.82) is 0 Å². The van der Waals surface area contributed by atoms with E-state index in [-0.39, 0.29) is 35.2 Å². The average Bonchev–Trinajstić information content (AvgIpc) is 3.39. The fourth-order valence-corrected chi connectivity index (χ4v) is 5.90. The van der Waals surface area contributed by atoms with Crippen LogP contribution >= 0.6 is 11.8 Å². The molecule has 0 saturated carbocycles. The molecule has 49 heavy (non-hydrogen) atoms. The van der Waals surface area contributed by atoms with Gasteiger partial charge in [0.05, 0.1) is 11.7 Å². The molecule has 2 amide bonds. The van der Waals surface area contributed by atoms with Gasteiger partial charge in [-0.1, -0.05) is 62.9 Å². The van der Waals surface area contributed by atoms with Crippen LogP contribution in [0.2, 0.25) is 0 Å². The van der Waals surface area contributed by atoms with E-state index >= 15 is 4.39 Å². The van der Waals surface area contributed by atoms with E-state index in [1.807, 2.05) is 51.1 Å². The zero-order valence-corrected chi connectivity index (χ0v) is 30.2. The highest BCUT2D eigenvalue weighted by Crippen LogP contribution is 2.40. The second kappa shape index (κ2) is 16.9. The lowest BCUT2D eigenvalue weighted by molar-refractivity contribution is -0.153. The number of nitrogens with zero attached hydrogens (tertiary/aromatic N) is 3. The molecular weight excluding hydrogens is 654 g/mol. The van der Waals surface area contributed by atoms with Crippen LogP contribution in [0.5, 0.6) is 0 Å². The Morgan fingerprint density at radius 3 is 2.27 bits per heavy atom. The molecule has 0 radical (unpaired) electrons. The number of benzene rings is 2. The smallest absolute Gasteiger partial charge is 0.407 e. The number of carbonyl (C=O) groups is 4. The van der Waals surface area contributed by atoms with Gasteiger partial charge >= 0.3 is 12.1 Å². The van der Waals surface area contributed by atoms with Crippen molar-refractivity contribution in [3.63, 3.8) is 0 Å². The maximum Gasteiger partial charge on any atom is 0.407 e. The van der Waals surface area contributed by atoms with Gasteiger partial charge in [0, 0.05) is 56.9 Å². The lowest BCUT2D eigenvalue weighted by Crippen LogP contribution is -2.48. The molecular formula is C36H46F2N4O6S. The Labute approximate surface area is 290 Å². The van der Waals surface area contributed by atoms with E-state index < -0.39 is 59.2 Å². The molecule has 3 aromatic rings. The van der Waals surface area contributed by atoms with Crippen molar-refractivity contribution in [3.8, 4) is 11.3 Å². The van der Waals surface area contributed by atoms with Gasteiger partial charge in [0.1, 0.15) is 23.1 Å². The first-order valence-corrected chi connectivity index (χ1v) is 16.9. The fourth-order valence-electron chi connectivity index (χ4n) is 5.20. The average molecular weight is 701 g/mol. The minimum atomic E-state index is -0.809. The van der Waals surface area contributed by atoms with Gasteiger partial charge in [-0.2, -0.15) is 0 Å². The summed E-state index contributed by atoms with van der Waals surface area (Å²) in [6.45, 7) is 13.4. The first kappa shape index (κ1) is 39.2. The predicted octanol–water partition coefficient (Wildman–Crippen LogP) is 6.78. The quantitative estimate of drug-likeness (QED) is 0.194. The van der Waals surface area contributed by atoms with Crippen molar-refractivity contribution in [3.05, 3.63) is 77.8 Å². The number of hydrogen-bond donors (Lipinski definition) is 1. The molecule has 3 rings (SSSR count). The van der Waals surface area contributed by atoms with Crippen LogP contribution in [0, 0.1) is 23.0 Å². The van der Waals surface area contributed by atoms with Crippen LogP contribution in [0.1, 0.15) is 72.8 Å². The number of thioether (sulfide) groups is 1. The summed E-state index contributed by atoms with van der Waals surface area (Å²) < 4.78 is 41.8. The van der Waals surface area contributed by atoms with Crippen molar-refractivity contribution in [2.45, 2.75) is 73.6 Å². The minimum Gasteiger partial charge on any atom is -0.456 e. The first-order valence-electron chi connectivity index (χ1n) is 15.9. The van der Waals surface area contributed by atoms with Gasteiger partial charge in [0.15, 0.2) is 11.7 Å². The molecule has 10 nitrogen and oxygen atoms in total. The summed E-state index contributed by atoms with van der Waals surface area (Å²) in [6, 6.07) is 11.8. The Hall–Kier alpha value is -4.26. The Bertz CT molecular complexity index is 1620. The third kappa shape index (κ3) is 12.3. The summed E-state index contributed by atoms with van der Waals surface area (Å²) in [6.07, 6.45) is 0.969. The van der Waals surface area contributed by atoms with E-state index in [0.717, 1.165) is 35.5 Å². The third-order valence-corrected chi connectivity index (χ3v) is 8.26. The summed E-state index contributed by atoms with van der Waals surface area (Å²) in [4.78, 5) is 56.9. The van der Waals surface area contributed by atoms with Crippen molar-refractivity contribution in [1.82, 2.24) is 19.8 Å². The third-order valence-electron chi connectivity index (χ3n) is 7.21. The Morgan fingerprint density at radius 2 is 1.67 bits per heavy atom. The van der Waals surface area contributed by atoms with Crippen LogP contribution in [0.3, 0.4) is 0 Å². The molecule has 0 aliphatic rings. The van der Waals surface area contributed by atoms with Gasteiger partial charge in [0.25, 0.3) is 5.91 Å². The molecule has 266 valence electrons. The maximum absolute atomic E-state index is 15.1. The second-order valence-corrected chi connectivity index (χ2v) is 15.1. The fraction of sp³-hybridized carbons (Fsp3) is 0.472. The number of esters is 1. The monoisotopic (exact) mass is 700 g/mol. The highest BCUT2D eigenvalue weighted by molar-refractivity contribution is 8.13. The van der Waals surface area contributed by atoms with E-state index in [2.05, 4.69) is 5.32 Å². The number of nitrogens with one attached hydrogen (secondary N) is 1. The molecule has 0 spiro atoms. The molecule has 1 N–H and O–H groups in total. The largest absolute Gasteiger partial charge is 0.456 e. The van der Waals surface area contributed by atoms with Gasteiger partial charge in [-0.3, -0.25) is 14.4 Å². The van der Waals surface area contributed by atoms with Crippen molar-refractivity contribution in [2.24, 2.45) is 11.3 Å². The molecule has 0 aliphatic carbocycles. The molecule has 2 atom stereocenters. The zero-order valence-electron chi connectivity index (χ0n) is 29.3. The number of halogens is 2. The molecule has 0 aliphatic heterocycles. The molecule has 0 saturated heterocycles. The second-order valence-electron chi connectivity index (χ2n) is 13.9. The van der Waals surface area contributed by atoms with Crippen LogP contribution < -0.4 is 5.32 Å². The van der Waals surface area contributed by atoms with E-state index in [4.69, 9.17) is 14.5 Å². The summed E-state index contributed by atoms with van der Waals surface area (Å²) >= 11 is 1.05. The highest BCUT2D eigenvalue weighted by Gasteiger charge is 2.40. The summed E-state index contributed by atoms with van der Waals surface area (Å²) in [5, 5.41) is 2.60. The van der Waals surface area contributed by atoms with Gasteiger partial charge in [0.2, 0.25) is 0 Å². The van der Waals surface area contributed by atoms with Crippen LogP contribution in [0.25, 0.3) is 11.3 Å². The maximum atomic E-state index is 15.1. The Morgan fingerprint density at radius 1 is 1.00 bits per heavy atom. The summed E-state index contributed by atoms with van der Waals surface area (Å²) in [5.74, 6) is -2.33. The van der Waals surface area contributed by atoms with Crippen LogP contribution in [-0.4, -0.2) is 68.6 Å². The van der Waals surface area contributed by atoms with Crippen LogP contribution in [-0.2, 0) is 30.4 Å². The number of ether oxygens (including phenoxy) is 2. The number of rotatable bonds is 13. The van der Waals surface area contributed by atoms with Crippen LogP contribution in [0.15, 0.2) is 54.7 Å². The van der Waals surface area contributed by atoms with Crippen molar-refractivity contribution < 1.29 is 37.4 Å². The highest BCUT2D eigenvalue weighted by atomic mass is 32.2. The molecule has 0 bridgehead atoms. The van der Waals surface area contributed by atoms with Gasteiger partial charge in [-0.15, -0.1) is 0 Å². The number of carbonyl (C=O) groups excluding carboxylic acids is 4. The molecule has 1 heterocycles. The van der Waals surface area contributed by atoms with Gasteiger partial charge < -0.3 is 24.3 Å². The lowest BCUT2D eigenvalue weighted by Gasteiger charge is -2.41. The van der Waals surface area contributed by atoms with Crippen LogP contribution in [0.4, 0.5) is 13.6 Å². The minimum absolute atomic E-state index is 0.0139. The lowest BCUT2D eigenvalue weighted by atomic mass is 9.84. The first-order chi connectivity index (χ1) is 22.8. The number of aromatic nitrogens is 2. The number of amides is 2. The van der Waals surface area contributed by atoms with E-state index in [1.54, 1.807) is 31.5 Å². The topological polar surface area (TPSA) is 120 Å². The van der Waals surface area contributed by atoms with E-state index in [1.165, 1.54) is 18.7 Å². The standard InChI is InChI=1S/C36H46F2N4O6S/c1-23(43)47-21-31(45)42(19-26(22-49-24(2)44)17-39-34(46)48-36(6,7)8)32(35(3,4)5)33-40-30(28-16-27(37)14-15-29(28)38)20-41(33)18-25-12-10-9-11-13-25/h9-16,20,26,32H,17-19,21-22H2,1-8H3,(H,39,46). The Balaban J connectivity index is 2.18. The molecule has 1 aromatic heterocycles.